The van der Waals surface area contributed by atoms with Crippen LogP contribution in [0.1, 0.15) is 0 Å². The number of anilines is 1. The summed E-state index contributed by atoms with van der Waals surface area (Å²) in [5, 5.41) is 0. The first-order valence-corrected chi connectivity index (χ1v) is 5.42. The molecule has 0 aromatic heterocycles. The Morgan fingerprint density at radius 2 is 2.07 bits per heavy atom. The molecule has 1 aromatic carbocycles. The number of rotatable bonds is 4. The molecule has 78 valence electrons. The average Bonchev–Trinajstić information content (AvgIpc) is 2.15. The minimum atomic E-state index is -3.70. The van der Waals surface area contributed by atoms with E-state index in [-0.39, 0.29) is 18.0 Å². The van der Waals surface area contributed by atoms with Crippen molar-refractivity contribution in [2.45, 2.75) is 4.90 Å². The fourth-order valence-corrected chi connectivity index (χ4v) is 1.87. The Morgan fingerprint density at radius 3 is 2.64 bits per heavy atom. The van der Waals surface area contributed by atoms with Gasteiger partial charge in [0.25, 0.3) is 10.1 Å². The summed E-state index contributed by atoms with van der Waals surface area (Å²) in [6, 6.07) is 5.91. The zero-order valence-electron chi connectivity index (χ0n) is 7.51. The summed E-state index contributed by atoms with van der Waals surface area (Å²) in [5.41, 5.74) is 10.9. The first-order valence-electron chi connectivity index (χ1n) is 4.01. The summed E-state index contributed by atoms with van der Waals surface area (Å²) in [6.07, 6.45) is 0. The van der Waals surface area contributed by atoms with E-state index >= 15 is 0 Å². The molecule has 0 saturated heterocycles. The van der Waals surface area contributed by atoms with Crippen molar-refractivity contribution < 1.29 is 12.6 Å². The highest BCUT2D eigenvalue weighted by Crippen LogP contribution is 2.14. The zero-order chi connectivity index (χ0) is 10.6. The molecule has 14 heavy (non-hydrogen) atoms. The van der Waals surface area contributed by atoms with Crippen molar-refractivity contribution in [1.82, 2.24) is 0 Å². The molecule has 0 saturated carbocycles. The second-order valence-corrected chi connectivity index (χ2v) is 4.25. The second-order valence-electron chi connectivity index (χ2n) is 2.64. The lowest BCUT2D eigenvalue weighted by Gasteiger charge is -2.04. The van der Waals surface area contributed by atoms with Gasteiger partial charge in [-0.1, -0.05) is 6.07 Å². The maximum Gasteiger partial charge on any atom is 0.297 e. The highest BCUT2D eigenvalue weighted by Gasteiger charge is 2.14. The van der Waals surface area contributed by atoms with E-state index < -0.39 is 10.1 Å². The van der Waals surface area contributed by atoms with E-state index in [0.717, 1.165) is 0 Å². The van der Waals surface area contributed by atoms with Crippen molar-refractivity contribution in [2.75, 3.05) is 18.9 Å². The molecule has 0 atom stereocenters. The molecule has 0 bridgehead atoms. The predicted octanol–water partition coefficient (Wildman–Crippen LogP) is -0.0672. The molecule has 0 amide bonds. The molecule has 6 heteroatoms. The van der Waals surface area contributed by atoms with Crippen LogP contribution in [-0.2, 0) is 14.3 Å². The maximum atomic E-state index is 11.4. The Morgan fingerprint density at radius 1 is 1.36 bits per heavy atom. The minimum absolute atomic E-state index is 0.0306. The topological polar surface area (TPSA) is 95.4 Å². The standard InChI is InChI=1S/C8H12N2O3S/c9-4-5-13-14(11,12)8-3-1-2-7(10)6-8/h1-3,6H,4-5,9-10H2. The smallest absolute Gasteiger partial charge is 0.297 e. The van der Waals surface area contributed by atoms with E-state index in [1.807, 2.05) is 0 Å². The van der Waals surface area contributed by atoms with Gasteiger partial charge < -0.3 is 11.5 Å². The zero-order valence-corrected chi connectivity index (χ0v) is 8.33. The van der Waals surface area contributed by atoms with Gasteiger partial charge in [-0.05, 0) is 18.2 Å². The summed E-state index contributed by atoms with van der Waals surface area (Å²) in [5.74, 6) is 0. The van der Waals surface area contributed by atoms with E-state index in [0.29, 0.717) is 5.69 Å². The molecular formula is C8H12N2O3S. The van der Waals surface area contributed by atoms with Gasteiger partial charge >= 0.3 is 0 Å². The van der Waals surface area contributed by atoms with E-state index in [9.17, 15) is 8.42 Å². The van der Waals surface area contributed by atoms with Crippen LogP contribution in [0.3, 0.4) is 0 Å². The van der Waals surface area contributed by atoms with Gasteiger partial charge in [-0.3, -0.25) is 4.18 Å². The fourth-order valence-electron chi connectivity index (χ4n) is 0.896. The molecular weight excluding hydrogens is 204 g/mol. The van der Waals surface area contributed by atoms with E-state index in [1.54, 1.807) is 12.1 Å². The van der Waals surface area contributed by atoms with Crippen LogP contribution < -0.4 is 11.5 Å². The molecule has 0 fully saturated rings. The predicted molar refractivity (Wildman–Crippen MR) is 53.0 cm³/mol. The van der Waals surface area contributed by atoms with Crippen molar-refractivity contribution in [3.63, 3.8) is 0 Å². The van der Waals surface area contributed by atoms with Crippen LogP contribution in [0, 0.1) is 0 Å². The molecule has 0 aliphatic heterocycles. The summed E-state index contributed by atoms with van der Waals surface area (Å²) in [4.78, 5) is 0.0472. The van der Waals surface area contributed by atoms with Gasteiger partial charge in [-0.25, -0.2) is 0 Å². The van der Waals surface area contributed by atoms with Gasteiger partial charge in [0.2, 0.25) is 0 Å². The van der Waals surface area contributed by atoms with Gasteiger partial charge in [-0.15, -0.1) is 0 Å². The summed E-state index contributed by atoms with van der Waals surface area (Å²) in [6.45, 7) is 0.124. The first-order chi connectivity index (χ1) is 6.56. The number of nitrogen functional groups attached to an aromatic ring is 1. The highest BCUT2D eigenvalue weighted by molar-refractivity contribution is 7.86. The quantitative estimate of drug-likeness (QED) is 0.542. The van der Waals surface area contributed by atoms with Crippen molar-refractivity contribution >= 4 is 15.8 Å². The van der Waals surface area contributed by atoms with Gasteiger partial charge in [0.1, 0.15) is 0 Å². The molecule has 5 nitrogen and oxygen atoms in total. The second kappa shape index (κ2) is 4.41. The Balaban J connectivity index is 2.93. The molecule has 0 aliphatic carbocycles. The lowest BCUT2D eigenvalue weighted by Crippen LogP contribution is -2.14. The molecule has 0 aliphatic rings. The third kappa shape index (κ3) is 2.69. The van der Waals surface area contributed by atoms with E-state index in [4.69, 9.17) is 11.5 Å². The van der Waals surface area contributed by atoms with Gasteiger partial charge in [0.15, 0.2) is 0 Å². The molecule has 0 heterocycles. The largest absolute Gasteiger partial charge is 0.399 e. The van der Waals surface area contributed by atoms with E-state index in [1.165, 1.54) is 12.1 Å². The fraction of sp³-hybridized carbons (Fsp3) is 0.250. The van der Waals surface area contributed by atoms with Crippen LogP contribution in [0.25, 0.3) is 0 Å². The third-order valence-electron chi connectivity index (χ3n) is 1.50. The molecule has 0 spiro atoms. The summed E-state index contributed by atoms with van der Waals surface area (Å²) in [7, 11) is -3.70. The van der Waals surface area contributed by atoms with Crippen LogP contribution in [0.5, 0.6) is 0 Å². The van der Waals surface area contributed by atoms with Crippen LogP contribution in [-0.4, -0.2) is 21.6 Å². The number of nitrogens with two attached hydrogens (primary N) is 2. The Hall–Kier alpha value is -1.11. The Labute approximate surface area is 82.8 Å². The van der Waals surface area contributed by atoms with Crippen LogP contribution in [0.15, 0.2) is 29.2 Å². The first kappa shape index (κ1) is 11.0. The molecule has 0 radical (unpaired) electrons. The third-order valence-corrected chi connectivity index (χ3v) is 2.81. The lowest BCUT2D eigenvalue weighted by molar-refractivity contribution is 0.327. The van der Waals surface area contributed by atoms with Gasteiger partial charge in [-0.2, -0.15) is 8.42 Å². The summed E-state index contributed by atoms with van der Waals surface area (Å²) < 4.78 is 27.4. The average molecular weight is 216 g/mol. The molecule has 0 unspecified atom stereocenters. The van der Waals surface area contributed by atoms with Crippen molar-refractivity contribution in [3.05, 3.63) is 24.3 Å². The van der Waals surface area contributed by atoms with Crippen molar-refractivity contribution in [3.8, 4) is 0 Å². The normalized spacial score (nSPS) is 11.5. The van der Waals surface area contributed by atoms with Crippen molar-refractivity contribution in [2.24, 2.45) is 5.73 Å². The number of benzene rings is 1. The van der Waals surface area contributed by atoms with E-state index in [2.05, 4.69) is 4.18 Å². The molecule has 4 N–H and O–H groups in total. The Kier molecular flexibility index (Phi) is 3.45. The van der Waals surface area contributed by atoms with Crippen molar-refractivity contribution in [1.29, 1.82) is 0 Å². The molecule has 1 aromatic rings. The SMILES string of the molecule is NCCOS(=O)(=O)c1cccc(N)c1. The molecule has 1 rings (SSSR count). The lowest BCUT2D eigenvalue weighted by atomic mass is 10.3. The van der Waals surface area contributed by atoms with Crippen LogP contribution in [0.4, 0.5) is 5.69 Å². The van der Waals surface area contributed by atoms with Crippen LogP contribution in [0.2, 0.25) is 0 Å². The van der Waals surface area contributed by atoms with Gasteiger partial charge in [0, 0.05) is 12.2 Å². The van der Waals surface area contributed by atoms with Gasteiger partial charge in [0.05, 0.1) is 11.5 Å². The monoisotopic (exact) mass is 216 g/mol. The maximum absolute atomic E-state index is 11.4. The number of hydrogen-bond donors (Lipinski definition) is 2. The summed E-state index contributed by atoms with van der Waals surface area (Å²) >= 11 is 0. The number of hydrogen-bond acceptors (Lipinski definition) is 5. The van der Waals surface area contributed by atoms with Crippen LogP contribution >= 0.6 is 0 Å². The highest BCUT2D eigenvalue weighted by atomic mass is 32.2. The minimum Gasteiger partial charge on any atom is -0.399 e. The Bertz CT molecular complexity index is 403.